The highest BCUT2D eigenvalue weighted by molar-refractivity contribution is 6.04. The molecule has 0 radical (unpaired) electrons. The molecule has 2 amide bonds. The Morgan fingerprint density at radius 2 is 1.93 bits per heavy atom. The number of anilines is 2. The number of nitrogens with one attached hydrogen (secondary N) is 1. The predicted molar refractivity (Wildman–Crippen MR) is 99.5 cm³/mol. The standard InChI is InChI=1S/C20H20N2O5/c1-25-16-5-3-2-4-15(16)22-12-13(10-19(22)23)20(24)21-14-6-7-17-18(11-14)27-9-8-26-17/h2-7,11,13H,8-10,12H2,1H3,(H,21,24). The third-order valence-electron chi connectivity index (χ3n) is 4.68. The summed E-state index contributed by atoms with van der Waals surface area (Å²) in [6.45, 7) is 1.31. The van der Waals surface area contributed by atoms with Gasteiger partial charge in [-0.1, -0.05) is 12.1 Å². The second-order valence-electron chi connectivity index (χ2n) is 6.42. The molecule has 0 saturated carbocycles. The van der Waals surface area contributed by atoms with Gasteiger partial charge in [-0.2, -0.15) is 0 Å². The lowest BCUT2D eigenvalue weighted by molar-refractivity contribution is -0.122. The van der Waals surface area contributed by atoms with Crippen molar-refractivity contribution in [3.63, 3.8) is 0 Å². The van der Waals surface area contributed by atoms with Crippen LogP contribution < -0.4 is 24.4 Å². The minimum atomic E-state index is -0.435. The molecule has 2 aromatic rings. The van der Waals surface area contributed by atoms with Crippen molar-refractivity contribution in [1.29, 1.82) is 0 Å². The van der Waals surface area contributed by atoms with Crippen molar-refractivity contribution in [2.24, 2.45) is 5.92 Å². The molecule has 2 heterocycles. The average molecular weight is 368 g/mol. The lowest BCUT2D eigenvalue weighted by Crippen LogP contribution is -2.28. The van der Waals surface area contributed by atoms with Gasteiger partial charge in [-0.3, -0.25) is 9.59 Å². The monoisotopic (exact) mass is 368 g/mol. The fraction of sp³-hybridized carbons (Fsp3) is 0.300. The first kappa shape index (κ1) is 17.2. The van der Waals surface area contributed by atoms with Crippen molar-refractivity contribution < 1.29 is 23.8 Å². The first-order chi connectivity index (χ1) is 13.2. The molecule has 4 rings (SSSR count). The van der Waals surface area contributed by atoms with Gasteiger partial charge in [0, 0.05) is 24.7 Å². The first-order valence-electron chi connectivity index (χ1n) is 8.79. The SMILES string of the molecule is COc1ccccc1N1CC(C(=O)Nc2ccc3c(c2)OCCO3)CC1=O. The number of rotatable bonds is 4. The van der Waals surface area contributed by atoms with Crippen LogP contribution in [0.2, 0.25) is 0 Å². The molecule has 1 unspecified atom stereocenters. The Bertz CT molecular complexity index is 882. The minimum Gasteiger partial charge on any atom is -0.495 e. The Morgan fingerprint density at radius 3 is 2.74 bits per heavy atom. The number of benzene rings is 2. The normalized spacial score (nSPS) is 18.3. The number of fused-ring (bicyclic) bond motifs is 1. The predicted octanol–water partition coefficient (Wildman–Crippen LogP) is 2.46. The van der Waals surface area contributed by atoms with E-state index in [9.17, 15) is 9.59 Å². The van der Waals surface area contributed by atoms with E-state index in [2.05, 4.69) is 5.32 Å². The van der Waals surface area contributed by atoms with E-state index in [4.69, 9.17) is 14.2 Å². The molecule has 1 fully saturated rings. The van der Waals surface area contributed by atoms with Crippen LogP contribution in [-0.2, 0) is 9.59 Å². The number of methoxy groups -OCH3 is 1. The summed E-state index contributed by atoms with van der Waals surface area (Å²) < 4.78 is 16.3. The Hall–Kier alpha value is -3.22. The van der Waals surface area contributed by atoms with E-state index in [1.54, 1.807) is 36.3 Å². The van der Waals surface area contributed by atoms with E-state index >= 15 is 0 Å². The van der Waals surface area contributed by atoms with E-state index in [1.807, 2.05) is 18.2 Å². The van der Waals surface area contributed by atoms with Gasteiger partial charge >= 0.3 is 0 Å². The fourth-order valence-electron chi connectivity index (χ4n) is 3.33. The molecule has 0 bridgehead atoms. The zero-order valence-corrected chi connectivity index (χ0v) is 14.9. The van der Waals surface area contributed by atoms with Gasteiger partial charge < -0.3 is 24.4 Å². The van der Waals surface area contributed by atoms with Crippen molar-refractivity contribution in [3.8, 4) is 17.2 Å². The highest BCUT2D eigenvalue weighted by Crippen LogP contribution is 2.35. The molecular formula is C20H20N2O5. The third kappa shape index (κ3) is 3.40. The largest absolute Gasteiger partial charge is 0.495 e. The van der Waals surface area contributed by atoms with Gasteiger partial charge in [-0.15, -0.1) is 0 Å². The number of para-hydroxylation sites is 2. The van der Waals surface area contributed by atoms with Crippen LogP contribution in [0.5, 0.6) is 17.2 Å². The molecule has 7 heteroatoms. The van der Waals surface area contributed by atoms with E-state index in [0.29, 0.717) is 48.4 Å². The van der Waals surface area contributed by atoms with Crippen molar-refractivity contribution in [2.45, 2.75) is 6.42 Å². The first-order valence-corrected chi connectivity index (χ1v) is 8.79. The summed E-state index contributed by atoms with van der Waals surface area (Å²) in [5.74, 6) is 1.16. The number of nitrogens with zero attached hydrogens (tertiary/aromatic N) is 1. The van der Waals surface area contributed by atoms with Gasteiger partial charge in [0.15, 0.2) is 11.5 Å². The summed E-state index contributed by atoms with van der Waals surface area (Å²) in [4.78, 5) is 26.7. The molecule has 2 aliphatic heterocycles. The highest BCUT2D eigenvalue weighted by atomic mass is 16.6. The Morgan fingerprint density at radius 1 is 1.15 bits per heavy atom. The molecule has 0 aromatic heterocycles. The van der Waals surface area contributed by atoms with E-state index in [1.165, 1.54) is 0 Å². The van der Waals surface area contributed by atoms with Gasteiger partial charge in [0.1, 0.15) is 19.0 Å². The number of amides is 2. The van der Waals surface area contributed by atoms with Crippen molar-refractivity contribution in [2.75, 3.05) is 37.1 Å². The Balaban J connectivity index is 1.46. The zero-order chi connectivity index (χ0) is 18.8. The maximum atomic E-state index is 12.7. The second kappa shape index (κ2) is 7.19. The average Bonchev–Trinajstić information content (AvgIpc) is 3.09. The number of hydrogen-bond donors (Lipinski definition) is 1. The maximum absolute atomic E-state index is 12.7. The number of carbonyl (C=O) groups is 2. The van der Waals surface area contributed by atoms with Crippen LogP contribution in [0.4, 0.5) is 11.4 Å². The molecule has 27 heavy (non-hydrogen) atoms. The summed E-state index contributed by atoms with van der Waals surface area (Å²) in [7, 11) is 1.56. The topological polar surface area (TPSA) is 77.1 Å². The van der Waals surface area contributed by atoms with Gasteiger partial charge in [0.25, 0.3) is 0 Å². The molecule has 1 saturated heterocycles. The molecule has 0 spiro atoms. The summed E-state index contributed by atoms with van der Waals surface area (Å²) in [5, 5.41) is 2.87. The van der Waals surface area contributed by atoms with Crippen molar-refractivity contribution in [3.05, 3.63) is 42.5 Å². The van der Waals surface area contributed by atoms with Crippen molar-refractivity contribution in [1.82, 2.24) is 0 Å². The smallest absolute Gasteiger partial charge is 0.229 e. The summed E-state index contributed by atoms with van der Waals surface area (Å²) >= 11 is 0. The number of carbonyl (C=O) groups excluding carboxylic acids is 2. The molecule has 2 aliphatic rings. The van der Waals surface area contributed by atoms with E-state index in [0.717, 1.165) is 0 Å². The molecular weight excluding hydrogens is 348 g/mol. The quantitative estimate of drug-likeness (QED) is 0.897. The fourth-order valence-corrected chi connectivity index (χ4v) is 3.33. The van der Waals surface area contributed by atoms with Crippen LogP contribution in [0, 0.1) is 5.92 Å². The van der Waals surface area contributed by atoms with Crippen LogP contribution in [0.1, 0.15) is 6.42 Å². The van der Waals surface area contributed by atoms with Crippen LogP contribution in [-0.4, -0.2) is 38.7 Å². The van der Waals surface area contributed by atoms with Gasteiger partial charge in [0.05, 0.1) is 18.7 Å². The van der Waals surface area contributed by atoms with Gasteiger partial charge in [-0.25, -0.2) is 0 Å². The molecule has 7 nitrogen and oxygen atoms in total. The van der Waals surface area contributed by atoms with E-state index in [-0.39, 0.29) is 18.2 Å². The Kier molecular flexibility index (Phi) is 4.58. The molecule has 1 N–H and O–H groups in total. The number of hydrogen-bond acceptors (Lipinski definition) is 5. The van der Waals surface area contributed by atoms with Crippen LogP contribution >= 0.6 is 0 Å². The summed E-state index contributed by atoms with van der Waals surface area (Å²) in [6, 6.07) is 12.6. The van der Waals surface area contributed by atoms with Gasteiger partial charge in [0.2, 0.25) is 11.8 Å². The maximum Gasteiger partial charge on any atom is 0.229 e. The lowest BCUT2D eigenvalue weighted by Gasteiger charge is -2.20. The lowest BCUT2D eigenvalue weighted by atomic mass is 10.1. The minimum absolute atomic E-state index is 0.0955. The second-order valence-corrected chi connectivity index (χ2v) is 6.42. The molecule has 2 aromatic carbocycles. The van der Waals surface area contributed by atoms with Crippen LogP contribution in [0.15, 0.2) is 42.5 Å². The third-order valence-corrected chi connectivity index (χ3v) is 4.68. The summed E-state index contributed by atoms with van der Waals surface area (Å²) in [5.41, 5.74) is 1.30. The zero-order valence-electron chi connectivity index (χ0n) is 14.9. The van der Waals surface area contributed by atoms with Crippen molar-refractivity contribution >= 4 is 23.2 Å². The van der Waals surface area contributed by atoms with Gasteiger partial charge in [-0.05, 0) is 24.3 Å². The van der Waals surface area contributed by atoms with Crippen LogP contribution in [0.3, 0.4) is 0 Å². The number of ether oxygens (including phenoxy) is 3. The highest BCUT2D eigenvalue weighted by Gasteiger charge is 2.36. The molecule has 140 valence electrons. The van der Waals surface area contributed by atoms with E-state index < -0.39 is 5.92 Å². The molecule has 1 atom stereocenters. The Labute approximate surface area is 156 Å². The van der Waals surface area contributed by atoms with Crippen LogP contribution in [0.25, 0.3) is 0 Å². The molecule has 0 aliphatic carbocycles. The summed E-state index contributed by atoms with van der Waals surface area (Å²) in [6.07, 6.45) is 0.161.